The lowest BCUT2D eigenvalue weighted by molar-refractivity contribution is 0.666. The van der Waals surface area contributed by atoms with Crippen LogP contribution in [0.25, 0.3) is 38.6 Å². The van der Waals surface area contributed by atoms with Crippen LogP contribution in [-0.4, -0.2) is 9.55 Å². The fourth-order valence-electron chi connectivity index (χ4n) is 5.35. The van der Waals surface area contributed by atoms with Crippen molar-refractivity contribution in [3.05, 3.63) is 145 Å². The van der Waals surface area contributed by atoms with Crippen molar-refractivity contribution in [3.8, 4) is 16.8 Å². The number of imidazole rings is 1. The van der Waals surface area contributed by atoms with E-state index in [-0.39, 0.29) is 5.92 Å². The topological polar surface area (TPSA) is 17.8 Å². The molecule has 1 unspecified atom stereocenters. The van der Waals surface area contributed by atoms with Crippen LogP contribution in [-0.2, 0) is 6.42 Å². The highest BCUT2D eigenvalue weighted by Crippen LogP contribution is 2.35. The minimum Gasteiger partial charge on any atom is -0.296 e. The van der Waals surface area contributed by atoms with Gasteiger partial charge in [0.05, 0.1) is 11.0 Å². The number of allylic oxidation sites excluding steroid dienone is 1. The molecule has 1 atom stereocenters. The molecule has 2 heteroatoms. The summed E-state index contributed by atoms with van der Waals surface area (Å²) in [7, 11) is 0. The van der Waals surface area contributed by atoms with Crippen LogP contribution in [0.2, 0.25) is 0 Å². The average Bonchev–Trinajstić information content (AvgIpc) is 3.31. The summed E-state index contributed by atoms with van der Waals surface area (Å²) in [5, 5.41) is 2.58. The minimum absolute atomic E-state index is 0.271. The Balaban J connectivity index is 1.55. The van der Waals surface area contributed by atoms with E-state index in [1.165, 1.54) is 21.9 Å². The van der Waals surface area contributed by atoms with E-state index < -0.39 is 0 Å². The lowest BCUT2D eigenvalue weighted by Crippen LogP contribution is -2.09. The van der Waals surface area contributed by atoms with Crippen LogP contribution < -0.4 is 0 Å². The lowest BCUT2D eigenvalue weighted by Gasteiger charge is -2.19. The fourth-order valence-corrected chi connectivity index (χ4v) is 5.35. The van der Waals surface area contributed by atoms with Gasteiger partial charge >= 0.3 is 0 Å². The molecule has 0 saturated heterocycles. The number of hydrogen-bond acceptors (Lipinski definition) is 1. The molecule has 0 radical (unpaired) electrons. The maximum atomic E-state index is 5.32. The number of para-hydroxylation sites is 2. The van der Waals surface area contributed by atoms with Gasteiger partial charge in [-0.25, -0.2) is 4.98 Å². The van der Waals surface area contributed by atoms with E-state index in [4.69, 9.17) is 4.98 Å². The molecular formula is C34H28N2. The molecule has 2 nitrogen and oxygen atoms in total. The number of rotatable bonds is 7. The summed E-state index contributed by atoms with van der Waals surface area (Å²) >= 11 is 0. The Labute approximate surface area is 212 Å². The Morgan fingerprint density at radius 2 is 1.42 bits per heavy atom. The van der Waals surface area contributed by atoms with Gasteiger partial charge in [0.25, 0.3) is 0 Å². The highest BCUT2D eigenvalue weighted by Gasteiger charge is 2.21. The second-order valence-electron chi connectivity index (χ2n) is 9.23. The van der Waals surface area contributed by atoms with Gasteiger partial charge in [0.1, 0.15) is 5.82 Å². The quantitative estimate of drug-likeness (QED) is 0.216. The first-order chi connectivity index (χ1) is 17.8. The van der Waals surface area contributed by atoms with Gasteiger partial charge in [-0.15, -0.1) is 6.58 Å². The third-order valence-electron chi connectivity index (χ3n) is 7.00. The maximum Gasteiger partial charge on any atom is 0.115 e. The van der Waals surface area contributed by atoms with Gasteiger partial charge in [0.2, 0.25) is 0 Å². The monoisotopic (exact) mass is 464 g/mol. The highest BCUT2D eigenvalue weighted by atomic mass is 15.1. The molecule has 5 aromatic carbocycles. The largest absolute Gasteiger partial charge is 0.296 e. The number of hydrogen-bond donors (Lipinski definition) is 0. The molecular weight excluding hydrogens is 436 g/mol. The summed E-state index contributed by atoms with van der Waals surface area (Å²) in [6, 6.07) is 42.9. The van der Waals surface area contributed by atoms with E-state index in [1.54, 1.807) is 0 Å². The number of nitrogens with zero attached hydrogens (tertiary/aromatic N) is 2. The molecule has 0 aliphatic rings. The third-order valence-corrected chi connectivity index (χ3v) is 7.00. The Bertz CT molecular complexity index is 1640. The number of aromatic nitrogens is 2. The van der Waals surface area contributed by atoms with Gasteiger partial charge in [-0.05, 0) is 52.4 Å². The van der Waals surface area contributed by atoms with Gasteiger partial charge in [0.15, 0.2) is 0 Å². The van der Waals surface area contributed by atoms with E-state index in [2.05, 4.69) is 132 Å². The van der Waals surface area contributed by atoms with Crippen LogP contribution in [0.1, 0.15) is 23.7 Å². The van der Waals surface area contributed by atoms with E-state index in [0.29, 0.717) is 0 Å². The Morgan fingerprint density at radius 3 is 2.22 bits per heavy atom. The van der Waals surface area contributed by atoms with Crippen molar-refractivity contribution < 1.29 is 0 Å². The van der Waals surface area contributed by atoms with Gasteiger partial charge in [0, 0.05) is 17.7 Å². The summed E-state index contributed by atoms with van der Waals surface area (Å²) < 4.78 is 2.34. The predicted molar refractivity (Wildman–Crippen MR) is 152 cm³/mol. The SMILES string of the molecule is C=CCC(Cc1nc2c(-c3ccccc3)cccc2n1-c1ccccc1)c1cccc2ccccc12. The molecule has 1 aromatic heterocycles. The minimum atomic E-state index is 0.271. The third kappa shape index (κ3) is 4.01. The summed E-state index contributed by atoms with van der Waals surface area (Å²) in [4.78, 5) is 5.32. The van der Waals surface area contributed by atoms with Crippen LogP contribution in [0.3, 0.4) is 0 Å². The van der Waals surface area contributed by atoms with Gasteiger partial charge < -0.3 is 0 Å². The zero-order chi connectivity index (χ0) is 24.3. The summed E-state index contributed by atoms with van der Waals surface area (Å²) in [5.74, 6) is 1.34. The first-order valence-electron chi connectivity index (χ1n) is 12.5. The van der Waals surface area contributed by atoms with Crippen LogP contribution >= 0.6 is 0 Å². The van der Waals surface area contributed by atoms with Crippen molar-refractivity contribution in [2.75, 3.05) is 0 Å². The van der Waals surface area contributed by atoms with Gasteiger partial charge in [-0.3, -0.25) is 4.57 Å². The van der Waals surface area contributed by atoms with Crippen molar-refractivity contribution >= 4 is 21.8 Å². The molecule has 0 amide bonds. The van der Waals surface area contributed by atoms with E-state index in [1.807, 2.05) is 6.08 Å². The Hall–Kier alpha value is -4.43. The van der Waals surface area contributed by atoms with E-state index in [0.717, 1.165) is 41.0 Å². The standard InChI is InChI=1S/C34H28N2/c1-2-13-27(30-21-11-17-25-16-9-10-20-29(25)30)24-33-35-34-31(26-14-5-3-6-15-26)22-12-23-32(34)36(33)28-18-7-4-8-19-28/h2-12,14-23,27H,1,13,24H2. The van der Waals surface area contributed by atoms with Crippen LogP contribution in [0, 0.1) is 0 Å². The molecule has 0 aliphatic heterocycles. The molecule has 0 fully saturated rings. The normalized spacial score (nSPS) is 12.1. The van der Waals surface area contributed by atoms with Crippen LogP contribution in [0.15, 0.2) is 134 Å². The summed E-state index contributed by atoms with van der Waals surface area (Å²) in [6.45, 7) is 4.10. The molecule has 0 bridgehead atoms. The van der Waals surface area contributed by atoms with Crippen LogP contribution in [0.5, 0.6) is 0 Å². The zero-order valence-corrected chi connectivity index (χ0v) is 20.2. The van der Waals surface area contributed by atoms with Gasteiger partial charge in [-0.2, -0.15) is 0 Å². The summed E-state index contributed by atoms with van der Waals surface area (Å²) in [5.41, 5.74) is 7.00. The molecule has 1 heterocycles. The second kappa shape index (κ2) is 9.67. The van der Waals surface area contributed by atoms with E-state index in [9.17, 15) is 0 Å². The molecule has 0 aliphatic carbocycles. The van der Waals surface area contributed by atoms with Crippen LogP contribution in [0.4, 0.5) is 0 Å². The molecule has 6 rings (SSSR count). The summed E-state index contributed by atoms with van der Waals surface area (Å²) in [6.07, 6.45) is 3.74. The number of benzene rings is 5. The molecule has 0 saturated carbocycles. The van der Waals surface area contributed by atoms with Gasteiger partial charge in [-0.1, -0.05) is 109 Å². The highest BCUT2D eigenvalue weighted by molar-refractivity contribution is 5.93. The zero-order valence-electron chi connectivity index (χ0n) is 20.2. The molecule has 0 spiro atoms. The lowest BCUT2D eigenvalue weighted by atomic mass is 9.88. The van der Waals surface area contributed by atoms with Crippen molar-refractivity contribution in [3.63, 3.8) is 0 Å². The van der Waals surface area contributed by atoms with Crippen molar-refractivity contribution in [2.24, 2.45) is 0 Å². The first kappa shape index (κ1) is 22.1. The molecule has 6 aromatic rings. The second-order valence-corrected chi connectivity index (χ2v) is 9.23. The fraction of sp³-hybridized carbons (Fsp3) is 0.0882. The van der Waals surface area contributed by atoms with Crippen molar-refractivity contribution in [2.45, 2.75) is 18.8 Å². The maximum absolute atomic E-state index is 5.32. The predicted octanol–water partition coefficient (Wildman–Crippen LogP) is 8.75. The molecule has 174 valence electrons. The Kier molecular flexibility index (Phi) is 5.93. The molecule has 36 heavy (non-hydrogen) atoms. The first-order valence-corrected chi connectivity index (χ1v) is 12.5. The Morgan fingerprint density at radius 1 is 0.722 bits per heavy atom. The van der Waals surface area contributed by atoms with E-state index >= 15 is 0 Å². The molecule has 0 N–H and O–H groups in total. The van der Waals surface area contributed by atoms with Crippen molar-refractivity contribution in [1.82, 2.24) is 9.55 Å². The van der Waals surface area contributed by atoms with Crippen molar-refractivity contribution in [1.29, 1.82) is 0 Å². The average molecular weight is 465 g/mol. The number of fused-ring (bicyclic) bond motifs is 2. The smallest absolute Gasteiger partial charge is 0.115 e.